The molecule has 0 saturated carbocycles. The zero-order valence-corrected chi connectivity index (χ0v) is 9.52. The van der Waals surface area contributed by atoms with Crippen LogP contribution in [0.15, 0.2) is 36.0 Å². The molecule has 0 aliphatic heterocycles. The van der Waals surface area contributed by atoms with Gasteiger partial charge in [0, 0.05) is 0 Å². The van der Waals surface area contributed by atoms with Crippen LogP contribution in [0.2, 0.25) is 0 Å². The molecule has 0 radical (unpaired) electrons. The lowest BCUT2D eigenvalue weighted by molar-refractivity contribution is 0.315. The molecule has 0 aromatic carbocycles. The van der Waals surface area contributed by atoms with Crippen LogP contribution in [0.3, 0.4) is 0 Å². The number of hydrogen-bond donors (Lipinski definition) is 1. The summed E-state index contributed by atoms with van der Waals surface area (Å²) in [6, 6.07) is 0. The van der Waals surface area contributed by atoms with Gasteiger partial charge in [0.2, 0.25) is 0 Å². The zero-order chi connectivity index (χ0) is 10.9. The van der Waals surface area contributed by atoms with Crippen molar-refractivity contribution in [2.45, 2.75) is 27.7 Å². The van der Waals surface area contributed by atoms with Gasteiger partial charge < -0.3 is 5.41 Å². The summed E-state index contributed by atoms with van der Waals surface area (Å²) in [5.74, 6) is 0.546. The molecule has 1 aliphatic carbocycles. The van der Waals surface area contributed by atoms with Gasteiger partial charge in [-0.15, -0.1) is 0 Å². The van der Waals surface area contributed by atoms with Crippen molar-refractivity contribution in [3.63, 3.8) is 0 Å². The van der Waals surface area contributed by atoms with E-state index in [0.717, 1.165) is 5.57 Å². The minimum atomic E-state index is 0.0914. The molecule has 0 unspecified atom stereocenters. The largest absolute Gasteiger partial charge is 0.300 e. The van der Waals surface area contributed by atoms with Crippen LogP contribution >= 0.6 is 0 Å². The van der Waals surface area contributed by atoms with Crippen molar-refractivity contribution in [2.24, 2.45) is 11.3 Å². The Morgan fingerprint density at radius 1 is 1.36 bits per heavy atom. The molecule has 0 fully saturated rings. The molecule has 1 aliphatic rings. The van der Waals surface area contributed by atoms with Crippen LogP contribution in [0.1, 0.15) is 27.7 Å². The fourth-order valence-corrected chi connectivity index (χ4v) is 1.50. The summed E-state index contributed by atoms with van der Waals surface area (Å²) in [5, 5.41) is 7.72. The standard InChI is InChI=1S/C13H19N/c1-9(2)13(4,5)11-7-6-8-12(14)10(11)3/h6-9,14H,3H2,1-2,4-5H3. The van der Waals surface area contributed by atoms with Gasteiger partial charge in [-0.1, -0.05) is 46.4 Å². The highest BCUT2D eigenvalue weighted by Gasteiger charge is 2.30. The van der Waals surface area contributed by atoms with E-state index in [0.29, 0.717) is 11.6 Å². The van der Waals surface area contributed by atoms with Gasteiger partial charge in [-0.05, 0) is 28.6 Å². The molecule has 0 aromatic rings. The Balaban J connectivity index is 3.10. The Morgan fingerprint density at radius 3 is 2.43 bits per heavy atom. The number of hydrogen-bond acceptors (Lipinski definition) is 1. The van der Waals surface area contributed by atoms with Crippen molar-refractivity contribution >= 4 is 5.71 Å². The molecule has 0 aromatic heterocycles. The highest BCUT2D eigenvalue weighted by Crippen LogP contribution is 2.39. The second kappa shape index (κ2) is 3.56. The topological polar surface area (TPSA) is 23.9 Å². The van der Waals surface area contributed by atoms with Crippen LogP contribution in [0.4, 0.5) is 0 Å². The molecule has 76 valence electrons. The Hall–Kier alpha value is -1.11. The highest BCUT2D eigenvalue weighted by molar-refractivity contribution is 6.10. The lowest BCUT2D eigenvalue weighted by atomic mass is 9.70. The summed E-state index contributed by atoms with van der Waals surface area (Å²) in [6.45, 7) is 12.8. The Labute approximate surface area is 86.7 Å². The first-order valence-electron chi connectivity index (χ1n) is 5.04. The third-order valence-corrected chi connectivity index (χ3v) is 3.31. The molecule has 0 amide bonds. The first kappa shape index (κ1) is 11.0. The van der Waals surface area contributed by atoms with Gasteiger partial charge in [0.25, 0.3) is 0 Å². The molecule has 0 bridgehead atoms. The first-order chi connectivity index (χ1) is 6.37. The fraction of sp³-hybridized carbons (Fsp3) is 0.462. The van der Waals surface area contributed by atoms with E-state index in [1.54, 1.807) is 6.08 Å². The normalized spacial score (nSPS) is 17.6. The Bertz CT molecular complexity index is 327. The molecule has 1 N–H and O–H groups in total. The van der Waals surface area contributed by atoms with Crippen molar-refractivity contribution in [1.29, 1.82) is 5.41 Å². The van der Waals surface area contributed by atoms with Crippen molar-refractivity contribution < 1.29 is 0 Å². The SMILES string of the molecule is C=C1C(=N)C=CC=C1C(C)(C)C(C)C. The average Bonchev–Trinajstić information content (AvgIpc) is 2.09. The third kappa shape index (κ3) is 1.72. The second-order valence-electron chi connectivity index (χ2n) is 4.71. The molecule has 0 heterocycles. The molecular weight excluding hydrogens is 170 g/mol. The molecule has 0 spiro atoms. The van der Waals surface area contributed by atoms with E-state index < -0.39 is 0 Å². The van der Waals surface area contributed by atoms with E-state index in [4.69, 9.17) is 5.41 Å². The summed E-state index contributed by atoms with van der Waals surface area (Å²) in [7, 11) is 0. The van der Waals surface area contributed by atoms with Crippen LogP contribution in [0, 0.1) is 16.7 Å². The summed E-state index contributed by atoms with van der Waals surface area (Å²) in [5.41, 5.74) is 2.69. The minimum Gasteiger partial charge on any atom is -0.300 e. The van der Waals surface area contributed by atoms with Crippen LogP contribution in [-0.4, -0.2) is 5.71 Å². The first-order valence-corrected chi connectivity index (χ1v) is 5.04. The van der Waals surface area contributed by atoms with E-state index in [-0.39, 0.29) is 5.41 Å². The molecule has 1 heteroatoms. The van der Waals surface area contributed by atoms with Gasteiger partial charge in [0.05, 0.1) is 5.71 Å². The van der Waals surface area contributed by atoms with Crippen molar-refractivity contribution in [1.82, 2.24) is 0 Å². The smallest absolute Gasteiger partial charge is 0.0609 e. The van der Waals surface area contributed by atoms with E-state index in [2.05, 4.69) is 40.3 Å². The minimum absolute atomic E-state index is 0.0914. The Morgan fingerprint density at radius 2 is 1.93 bits per heavy atom. The summed E-state index contributed by atoms with van der Waals surface area (Å²) >= 11 is 0. The fourth-order valence-electron chi connectivity index (χ4n) is 1.50. The van der Waals surface area contributed by atoms with Crippen LogP contribution < -0.4 is 0 Å². The van der Waals surface area contributed by atoms with Crippen molar-refractivity contribution in [3.8, 4) is 0 Å². The van der Waals surface area contributed by atoms with Gasteiger partial charge in [-0.25, -0.2) is 0 Å². The maximum absolute atomic E-state index is 7.72. The van der Waals surface area contributed by atoms with E-state index in [9.17, 15) is 0 Å². The van der Waals surface area contributed by atoms with Gasteiger partial charge in [0.1, 0.15) is 0 Å². The lowest BCUT2D eigenvalue weighted by Crippen LogP contribution is -2.25. The third-order valence-electron chi connectivity index (χ3n) is 3.31. The van der Waals surface area contributed by atoms with Crippen LogP contribution in [0.25, 0.3) is 0 Å². The summed E-state index contributed by atoms with van der Waals surface area (Å²) in [4.78, 5) is 0. The summed E-state index contributed by atoms with van der Waals surface area (Å²) < 4.78 is 0. The monoisotopic (exact) mass is 189 g/mol. The van der Waals surface area contributed by atoms with E-state index in [1.807, 2.05) is 6.08 Å². The maximum atomic E-state index is 7.72. The predicted molar refractivity (Wildman–Crippen MR) is 62.7 cm³/mol. The lowest BCUT2D eigenvalue weighted by Gasteiger charge is -2.34. The molecule has 14 heavy (non-hydrogen) atoms. The van der Waals surface area contributed by atoms with E-state index in [1.165, 1.54) is 5.57 Å². The van der Waals surface area contributed by atoms with Crippen LogP contribution in [0.5, 0.6) is 0 Å². The molecule has 1 nitrogen and oxygen atoms in total. The average molecular weight is 189 g/mol. The quantitative estimate of drug-likeness (QED) is 0.684. The molecular formula is C13H19N. The van der Waals surface area contributed by atoms with Gasteiger partial charge in [-0.2, -0.15) is 0 Å². The maximum Gasteiger partial charge on any atom is 0.0609 e. The number of allylic oxidation sites excluding steroid dienone is 5. The zero-order valence-electron chi connectivity index (χ0n) is 9.52. The van der Waals surface area contributed by atoms with Crippen LogP contribution in [-0.2, 0) is 0 Å². The van der Waals surface area contributed by atoms with Crippen molar-refractivity contribution in [3.05, 3.63) is 36.0 Å². The van der Waals surface area contributed by atoms with Gasteiger partial charge in [0.15, 0.2) is 0 Å². The van der Waals surface area contributed by atoms with Gasteiger partial charge >= 0.3 is 0 Å². The number of rotatable bonds is 2. The van der Waals surface area contributed by atoms with Crippen molar-refractivity contribution in [2.75, 3.05) is 0 Å². The Kier molecular flexibility index (Phi) is 2.79. The number of nitrogens with one attached hydrogen (secondary N) is 1. The molecule has 0 saturated heterocycles. The second-order valence-corrected chi connectivity index (χ2v) is 4.71. The summed E-state index contributed by atoms with van der Waals surface area (Å²) in [6.07, 6.45) is 5.82. The van der Waals surface area contributed by atoms with Gasteiger partial charge in [-0.3, -0.25) is 0 Å². The molecule has 0 atom stereocenters. The van der Waals surface area contributed by atoms with E-state index >= 15 is 0 Å². The highest BCUT2D eigenvalue weighted by atomic mass is 14.4. The predicted octanol–water partition coefficient (Wildman–Crippen LogP) is 3.74. The molecule has 1 rings (SSSR count).